The minimum atomic E-state index is -3.16. The van der Waals surface area contributed by atoms with Gasteiger partial charge in [-0.15, -0.1) is 0 Å². The number of amides is 1. The first-order chi connectivity index (χ1) is 15.9. The number of benzene rings is 2. The van der Waals surface area contributed by atoms with Crippen molar-refractivity contribution in [3.8, 4) is 23.0 Å². The van der Waals surface area contributed by atoms with Crippen molar-refractivity contribution in [3.05, 3.63) is 42.0 Å². The van der Waals surface area contributed by atoms with Crippen molar-refractivity contribution >= 4 is 38.4 Å². The number of rotatable bonds is 5. The van der Waals surface area contributed by atoms with Crippen LogP contribution in [0.1, 0.15) is 5.56 Å². The first-order valence-electron chi connectivity index (χ1n) is 10.3. The Morgan fingerprint density at radius 2 is 1.88 bits per heavy atom. The van der Waals surface area contributed by atoms with E-state index in [1.807, 2.05) is 11.0 Å². The van der Waals surface area contributed by atoms with Gasteiger partial charge in [0.1, 0.15) is 0 Å². The van der Waals surface area contributed by atoms with Crippen LogP contribution < -0.4 is 23.8 Å². The number of thioether (sulfide) groups is 1. The Kier molecular flexibility index (Phi) is 5.61. The molecule has 3 aliphatic rings. The van der Waals surface area contributed by atoms with Crippen LogP contribution in [0.5, 0.6) is 23.0 Å². The molecule has 5 rings (SSSR count). The summed E-state index contributed by atoms with van der Waals surface area (Å²) in [6.45, 7) is 0.138. The van der Waals surface area contributed by atoms with Crippen LogP contribution in [0, 0.1) is 0 Å². The Labute approximate surface area is 195 Å². The number of methoxy groups -OCH3 is 2. The van der Waals surface area contributed by atoms with E-state index in [9.17, 15) is 13.2 Å². The van der Waals surface area contributed by atoms with Gasteiger partial charge < -0.3 is 23.8 Å². The van der Waals surface area contributed by atoms with E-state index in [0.29, 0.717) is 33.9 Å². The highest BCUT2D eigenvalue weighted by atomic mass is 32.2. The van der Waals surface area contributed by atoms with E-state index in [2.05, 4.69) is 4.99 Å². The zero-order chi connectivity index (χ0) is 23.2. The lowest BCUT2D eigenvalue weighted by atomic mass is 10.1. The minimum absolute atomic E-state index is 0.0159. The fourth-order valence-corrected chi connectivity index (χ4v) is 8.14. The van der Waals surface area contributed by atoms with Crippen LogP contribution in [-0.2, 0) is 21.1 Å². The fourth-order valence-electron chi connectivity index (χ4n) is 4.21. The molecular formula is C22H22N2O7S2. The Hall–Kier alpha value is -2.92. The summed E-state index contributed by atoms with van der Waals surface area (Å²) in [7, 11) is -0.0709. The second-order valence-corrected chi connectivity index (χ2v) is 11.2. The van der Waals surface area contributed by atoms with Gasteiger partial charge >= 0.3 is 0 Å². The number of carbonyl (C=O) groups excluding carboxylic acids is 1. The van der Waals surface area contributed by atoms with E-state index >= 15 is 0 Å². The van der Waals surface area contributed by atoms with Gasteiger partial charge in [-0.25, -0.2) is 8.42 Å². The first kappa shape index (κ1) is 21.9. The van der Waals surface area contributed by atoms with Gasteiger partial charge in [-0.3, -0.25) is 4.79 Å². The van der Waals surface area contributed by atoms with Crippen LogP contribution in [0.3, 0.4) is 0 Å². The largest absolute Gasteiger partial charge is 0.493 e. The summed E-state index contributed by atoms with van der Waals surface area (Å²) in [5, 5.41) is 0.303. The average Bonchev–Trinajstić information content (AvgIpc) is 3.44. The summed E-state index contributed by atoms with van der Waals surface area (Å²) < 4.78 is 46.0. The molecule has 0 bridgehead atoms. The van der Waals surface area contributed by atoms with Gasteiger partial charge in [0.05, 0.1) is 38.2 Å². The number of aliphatic imine (C=N–C) groups is 1. The van der Waals surface area contributed by atoms with E-state index in [0.717, 1.165) is 5.56 Å². The molecule has 2 aromatic rings. The van der Waals surface area contributed by atoms with Crippen LogP contribution in [0.15, 0.2) is 41.4 Å². The maximum Gasteiger partial charge on any atom is 0.252 e. The molecule has 33 heavy (non-hydrogen) atoms. The predicted octanol–water partition coefficient (Wildman–Crippen LogP) is 2.28. The summed E-state index contributed by atoms with van der Waals surface area (Å²) in [5.41, 5.74) is 1.46. The quantitative estimate of drug-likeness (QED) is 0.624. The average molecular weight is 491 g/mol. The lowest BCUT2D eigenvalue weighted by Gasteiger charge is -2.24. The second-order valence-electron chi connectivity index (χ2n) is 7.86. The van der Waals surface area contributed by atoms with Crippen molar-refractivity contribution in [1.29, 1.82) is 0 Å². The maximum absolute atomic E-state index is 12.9. The zero-order valence-electron chi connectivity index (χ0n) is 18.0. The summed E-state index contributed by atoms with van der Waals surface area (Å²) >= 11 is 1.33. The van der Waals surface area contributed by atoms with Crippen molar-refractivity contribution in [3.63, 3.8) is 0 Å². The molecular weight excluding hydrogens is 468 g/mol. The molecule has 2 saturated heterocycles. The summed E-state index contributed by atoms with van der Waals surface area (Å²) in [6, 6.07) is 10.4. The van der Waals surface area contributed by atoms with Crippen molar-refractivity contribution in [2.24, 2.45) is 4.99 Å². The van der Waals surface area contributed by atoms with Crippen LogP contribution in [-0.4, -0.2) is 63.3 Å². The van der Waals surface area contributed by atoms with Crippen LogP contribution in [0.2, 0.25) is 0 Å². The molecule has 174 valence electrons. The van der Waals surface area contributed by atoms with Gasteiger partial charge in [0.2, 0.25) is 6.79 Å². The van der Waals surface area contributed by atoms with Crippen molar-refractivity contribution in [2.75, 3.05) is 37.4 Å². The highest BCUT2D eigenvalue weighted by Gasteiger charge is 2.49. The summed E-state index contributed by atoms with van der Waals surface area (Å²) in [6.07, 6.45) is 0.0764. The number of nitrogens with zero attached hydrogens (tertiary/aromatic N) is 2. The predicted molar refractivity (Wildman–Crippen MR) is 125 cm³/mol. The molecule has 2 aromatic carbocycles. The van der Waals surface area contributed by atoms with Crippen LogP contribution in [0.25, 0.3) is 0 Å². The molecule has 0 saturated carbocycles. The Bertz CT molecular complexity index is 1250. The van der Waals surface area contributed by atoms with E-state index in [-0.39, 0.29) is 41.9 Å². The van der Waals surface area contributed by atoms with Gasteiger partial charge in [-0.05, 0) is 29.8 Å². The second kappa shape index (κ2) is 8.45. The number of carbonyl (C=O) groups is 1. The zero-order valence-corrected chi connectivity index (χ0v) is 19.6. The van der Waals surface area contributed by atoms with Gasteiger partial charge in [0.25, 0.3) is 5.91 Å². The van der Waals surface area contributed by atoms with E-state index in [4.69, 9.17) is 18.9 Å². The van der Waals surface area contributed by atoms with E-state index < -0.39 is 9.84 Å². The molecule has 0 unspecified atom stereocenters. The summed E-state index contributed by atoms with van der Waals surface area (Å²) in [4.78, 5) is 19.1. The Balaban J connectivity index is 1.44. The van der Waals surface area contributed by atoms with Gasteiger partial charge in [0.15, 0.2) is 38.0 Å². The molecule has 3 heterocycles. The Morgan fingerprint density at radius 1 is 1.09 bits per heavy atom. The van der Waals surface area contributed by atoms with E-state index in [1.54, 1.807) is 37.4 Å². The molecule has 2 atom stereocenters. The molecule has 11 heteroatoms. The number of fused-ring (bicyclic) bond motifs is 2. The SMILES string of the molecule is COc1ccc(CC(=O)N=C2S[C@H]3CS(=O)(=O)C[C@H]3N2c2ccc3c(c2)OCO3)cc1OC. The highest BCUT2D eigenvalue weighted by molar-refractivity contribution is 8.16. The third-order valence-electron chi connectivity index (χ3n) is 5.72. The minimum Gasteiger partial charge on any atom is -0.493 e. The maximum atomic E-state index is 12.9. The highest BCUT2D eigenvalue weighted by Crippen LogP contribution is 2.44. The molecule has 0 aliphatic carbocycles. The molecule has 0 N–H and O–H groups in total. The molecule has 1 amide bonds. The molecule has 9 nitrogen and oxygen atoms in total. The lowest BCUT2D eigenvalue weighted by Crippen LogP contribution is -2.37. The number of ether oxygens (including phenoxy) is 4. The molecule has 0 spiro atoms. The van der Waals surface area contributed by atoms with Gasteiger partial charge in [-0.1, -0.05) is 17.8 Å². The van der Waals surface area contributed by atoms with E-state index in [1.165, 1.54) is 18.9 Å². The van der Waals surface area contributed by atoms with Gasteiger partial charge in [0, 0.05) is 17.0 Å². The van der Waals surface area contributed by atoms with Crippen molar-refractivity contribution < 1.29 is 32.2 Å². The first-order valence-corrected chi connectivity index (χ1v) is 13.0. The number of anilines is 1. The third kappa shape index (κ3) is 4.22. The van der Waals surface area contributed by atoms with Crippen LogP contribution in [0.4, 0.5) is 5.69 Å². The molecule has 0 aromatic heterocycles. The molecule has 3 aliphatic heterocycles. The van der Waals surface area contributed by atoms with Crippen LogP contribution >= 0.6 is 11.8 Å². The fraction of sp³-hybridized carbons (Fsp3) is 0.364. The van der Waals surface area contributed by atoms with Crippen molar-refractivity contribution in [2.45, 2.75) is 17.7 Å². The third-order valence-corrected chi connectivity index (χ3v) is 8.93. The normalized spacial score (nSPS) is 23.6. The summed E-state index contributed by atoms with van der Waals surface area (Å²) in [5.74, 6) is 2.07. The van der Waals surface area contributed by atoms with Gasteiger partial charge in [-0.2, -0.15) is 4.99 Å². The Morgan fingerprint density at radius 3 is 2.67 bits per heavy atom. The number of hydrogen-bond acceptors (Lipinski definition) is 8. The monoisotopic (exact) mass is 490 g/mol. The molecule has 0 radical (unpaired) electrons. The van der Waals surface area contributed by atoms with Crippen molar-refractivity contribution in [1.82, 2.24) is 0 Å². The lowest BCUT2D eigenvalue weighted by molar-refractivity contribution is -0.117. The molecule has 2 fully saturated rings. The standard InChI is InChI=1S/C22H22N2O7S2/c1-28-16-5-3-13(7-18(16)29-2)8-21(25)23-22-24(15-10-33(26,27)11-20(15)32-22)14-4-6-17-19(9-14)31-12-30-17/h3-7,9,15,20H,8,10-12H2,1-2H3/t15-,20+/m1/s1. The number of sulfone groups is 1. The number of amidine groups is 1. The smallest absolute Gasteiger partial charge is 0.252 e. The number of hydrogen-bond donors (Lipinski definition) is 0. The topological polar surface area (TPSA) is 104 Å².